The second-order valence-corrected chi connectivity index (χ2v) is 1.80. The van der Waals surface area contributed by atoms with Gasteiger partial charge in [-0.25, -0.2) is 4.79 Å². The minimum Gasteiger partial charge on any atom is -0.409 e. The SMILES string of the molecule is N=C(/C(N)=N\O)c1noc(=O)[nH]1. The Morgan fingerprint density at radius 2 is 2.50 bits per heavy atom. The molecule has 8 nitrogen and oxygen atoms in total. The Bertz CT molecular complexity index is 374. The predicted molar refractivity (Wildman–Crippen MR) is 37.4 cm³/mol. The van der Waals surface area contributed by atoms with Gasteiger partial charge in [0, 0.05) is 0 Å². The lowest BCUT2D eigenvalue weighted by Gasteiger charge is -1.92. The summed E-state index contributed by atoms with van der Waals surface area (Å²) in [7, 11) is 0. The molecule has 0 amide bonds. The van der Waals surface area contributed by atoms with Gasteiger partial charge >= 0.3 is 5.76 Å². The number of nitrogens with one attached hydrogen (secondary N) is 2. The zero-order chi connectivity index (χ0) is 9.14. The molecule has 0 radical (unpaired) electrons. The largest absolute Gasteiger partial charge is 0.439 e. The molecule has 1 heterocycles. The third-order valence-corrected chi connectivity index (χ3v) is 1.04. The monoisotopic (exact) mass is 171 g/mol. The van der Waals surface area contributed by atoms with Crippen LogP contribution in [-0.4, -0.2) is 26.9 Å². The van der Waals surface area contributed by atoms with Crippen molar-refractivity contribution >= 4 is 11.5 Å². The fraction of sp³-hybridized carbons (Fsp3) is 0. The van der Waals surface area contributed by atoms with Crippen molar-refractivity contribution < 1.29 is 9.73 Å². The molecule has 8 heteroatoms. The maximum absolute atomic E-state index is 10.4. The van der Waals surface area contributed by atoms with Crippen LogP contribution in [0.4, 0.5) is 0 Å². The van der Waals surface area contributed by atoms with E-state index in [-0.39, 0.29) is 5.82 Å². The maximum Gasteiger partial charge on any atom is 0.439 e. The molecule has 0 aromatic carbocycles. The highest BCUT2D eigenvalue weighted by molar-refractivity contribution is 6.44. The van der Waals surface area contributed by atoms with Gasteiger partial charge in [-0.05, 0) is 0 Å². The standard InChI is InChI=1S/C4H5N5O3/c5-1(2(6)8-11)3-7-4(10)12-9-3/h5,11H,(H2,6,8)(H,7,9,10). The minimum absolute atomic E-state index is 0.185. The van der Waals surface area contributed by atoms with Crippen molar-refractivity contribution in [3.8, 4) is 0 Å². The fourth-order valence-electron chi connectivity index (χ4n) is 0.509. The second-order valence-electron chi connectivity index (χ2n) is 1.80. The van der Waals surface area contributed by atoms with E-state index in [1.807, 2.05) is 0 Å². The van der Waals surface area contributed by atoms with Crippen LogP contribution in [0.3, 0.4) is 0 Å². The number of rotatable bonds is 2. The summed E-state index contributed by atoms with van der Waals surface area (Å²) in [4.78, 5) is 12.4. The van der Waals surface area contributed by atoms with Gasteiger partial charge in [0.05, 0.1) is 0 Å². The van der Waals surface area contributed by atoms with Gasteiger partial charge in [-0.2, -0.15) is 0 Å². The van der Waals surface area contributed by atoms with Crippen LogP contribution in [0.5, 0.6) is 0 Å². The lowest BCUT2D eigenvalue weighted by Crippen LogP contribution is -2.25. The molecule has 0 atom stereocenters. The van der Waals surface area contributed by atoms with Gasteiger partial charge in [0.1, 0.15) is 5.71 Å². The van der Waals surface area contributed by atoms with Crippen LogP contribution in [0.1, 0.15) is 5.82 Å². The number of oxime groups is 1. The molecule has 0 aliphatic heterocycles. The molecule has 0 bridgehead atoms. The van der Waals surface area contributed by atoms with E-state index in [1.165, 1.54) is 0 Å². The fourth-order valence-corrected chi connectivity index (χ4v) is 0.509. The highest BCUT2D eigenvalue weighted by atomic mass is 16.5. The Labute approximate surface area is 65.2 Å². The highest BCUT2D eigenvalue weighted by Gasteiger charge is 2.11. The van der Waals surface area contributed by atoms with Crippen LogP contribution >= 0.6 is 0 Å². The quantitative estimate of drug-likeness (QED) is 0.185. The zero-order valence-corrected chi connectivity index (χ0v) is 5.74. The molecule has 0 spiro atoms. The van der Waals surface area contributed by atoms with Crippen LogP contribution in [0.2, 0.25) is 0 Å². The Kier molecular flexibility index (Phi) is 1.90. The van der Waals surface area contributed by atoms with E-state index in [9.17, 15) is 4.79 Å². The number of H-pyrrole nitrogens is 1. The third-order valence-electron chi connectivity index (χ3n) is 1.04. The summed E-state index contributed by atoms with van der Waals surface area (Å²) in [5.74, 6) is -1.45. The number of hydrogen-bond acceptors (Lipinski definition) is 6. The molecule has 0 fully saturated rings. The van der Waals surface area contributed by atoms with E-state index < -0.39 is 17.3 Å². The molecular formula is C4H5N5O3. The molecule has 5 N–H and O–H groups in total. The topological polar surface area (TPSA) is 141 Å². The van der Waals surface area contributed by atoms with E-state index in [0.717, 1.165) is 0 Å². The number of aromatic amines is 1. The first-order chi connectivity index (χ1) is 5.65. The van der Waals surface area contributed by atoms with Gasteiger partial charge in [0.2, 0.25) is 5.82 Å². The number of nitrogens with zero attached hydrogens (tertiary/aromatic N) is 2. The summed E-state index contributed by atoms with van der Waals surface area (Å²) in [5.41, 5.74) is 4.62. The lowest BCUT2D eigenvalue weighted by molar-refractivity contribution is 0.319. The summed E-state index contributed by atoms with van der Waals surface area (Å²) in [5, 5.41) is 21.0. The van der Waals surface area contributed by atoms with Crippen LogP contribution in [-0.2, 0) is 0 Å². The highest BCUT2D eigenvalue weighted by Crippen LogP contribution is 1.86. The van der Waals surface area contributed by atoms with Crippen molar-refractivity contribution in [3.05, 3.63) is 16.4 Å². The molecule has 12 heavy (non-hydrogen) atoms. The molecular weight excluding hydrogens is 166 g/mol. The Morgan fingerprint density at radius 3 is 2.92 bits per heavy atom. The lowest BCUT2D eigenvalue weighted by atomic mass is 10.3. The first kappa shape index (κ1) is 7.98. The maximum atomic E-state index is 10.4. The van der Waals surface area contributed by atoms with Crippen LogP contribution < -0.4 is 11.5 Å². The Morgan fingerprint density at radius 1 is 1.83 bits per heavy atom. The summed E-state index contributed by atoms with van der Waals surface area (Å²) < 4.78 is 4.09. The van der Waals surface area contributed by atoms with Crippen molar-refractivity contribution in [3.63, 3.8) is 0 Å². The average molecular weight is 171 g/mol. The normalized spacial score (nSPS) is 11.5. The van der Waals surface area contributed by atoms with Crippen molar-refractivity contribution in [2.75, 3.05) is 0 Å². The smallest absolute Gasteiger partial charge is 0.409 e. The van der Waals surface area contributed by atoms with Crippen LogP contribution in [0.15, 0.2) is 14.5 Å². The minimum atomic E-state index is -0.805. The van der Waals surface area contributed by atoms with Gasteiger partial charge in [0.25, 0.3) is 0 Å². The van der Waals surface area contributed by atoms with Gasteiger partial charge in [-0.3, -0.25) is 14.9 Å². The van der Waals surface area contributed by atoms with Crippen LogP contribution in [0, 0.1) is 5.41 Å². The molecule has 0 aliphatic rings. The van der Waals surface area contributed by atoms with E-state index >= 15 is 0 Å². The molecule has 1 rings (SSSR count). The molecule has 0 saturated heterocycles. The van der Waals surface area contributed by atoms with Crippen LogP contribution in [0.25, 0.3) is 0 Å². The molecule has 64 valence electrons. The summed E-state index contributed by atoms with van der Waals surface area (Å²) >= 11 is 0. The van der Waals surface area contributed by atoms with Crippen molar-refractivity contribution in [2.24, 2.45) is 10.9 Å². The average Bonchev–Trinajstić information content (AvgIpc) is 2.49. The van der Waals surface area contributed by atoms with Gasteiger partial charge < -0.3 is 10.9 Å². The first-order valence-corrected chi connectivity index (χ1v) is 2.78. The van der Waals surface area contributed by atoms with Gasteiger partial charge in [-0.1, -0.05) is 10.3 Å². The number of amidine groups is 1. The second kappa shape index (κ2) is 2.86. The summed E-state index contributed by atoms with van der Waals surface area (Å²) in [6.07, 6.45) is 0. The van der Waals surface area contributed by atoms with Gasteiger partial charge in [0.15, 0.2) is 5.84 Å². The molecule has 1 aromatic heterocycles. The number of hydrogen-bond donors (Lipinski definition) is 4. The first-order valence-electron chi connectivity index (χ1n) is 2.78. The van der Waals surface area contributed by atoms with Gasteiger partial charge in [-0.15, -0.1) is 0 Å². The third kappa shape index (κ3) is 1.31. The molecule has 0 saturated carbocycles. The van der Waals surface area contributed by atoms with E-state index in [1.54, 1.807) is 0 Å². The molecule has 1 aromatic rings. The molecule has 0 aliphatic carbocycles. The Balaban J connectivity index is 3.01. The van der Waals surface area contributed by atoms with E-state index in [4.69, 9.17) is 16.4 Å². The summed E-state index contributed by atoms with van der Waals surface area (Å²) in [6, 6.07) is 0. The van der Waals surface area contributed by atoms with Crippen molar-refractivity contribution in [1.82, 2.24) is 10.1 Å². The number of aromatic nitrogens is 2. The predicted octanol–water partition coefficient (Wildman–Crippen LogP) is -1.52. The van der Waals surface area contributed by atoms with E-state index in [0.29, 0.717) is 0 Å². The van der Waals surface area contributed by atoms with E-state index in [2.05, 4.69) is 19.8 Å². The summed E-state index contributed by atoms with van der Waals surface area (Å²) in [6.45, 7) is 0. The Hall–Kier alpha value is -2.12. The van der Waals surface area contributed by atoms with Crippen molar-refractivity contribution in [1.29, 1.82) is 5.41 Å². The van der Waals surface area contributed by atoms with Crippen molar-refractivity contribution in [2.45, 2.75) is 0 Å². The zero-order valence-electron chi connectivity index (χ0n) is 5.74. The number of nitrogens with two attached hydrogens (primary N) is 1. The molecule has 0 unspecified atom stereocenters.